The fourth-order valence-electron chi connectivity index (χ4n) is 5.40. The number of aromatic nitrogens is 1. The lowest BCUT2D eigenvalue weighted by Crippen LogP contribution is -2.46. The molecule has 1 aliphatic heterocycles. The average Bonchev–Trinajstić information content (AvgIpc) is 3.65. The molecule has 0 unspecified atom stereocenters. The number of carbonyl (C=O) groups is 4. The molecule has 236 valence electrons. The largest absolute Gasteiger partial charge is 0.378 e. The lowest BCUT2D eigenvalue weighted by molar-refractivity contribution is -0.139. The Balaban J connectivity index is 1.38. The summed E-state index contributed by atoms with van der Waals surface area (Å²) in [5.41, 5.74) is 3.90. The first-order valence-corrected chi connectivity index (χ1v) is 15.7. The molecule has 11 heteroatoms. The predicted molar refractivity (Wildman–Crippen MR) is 180 cm³/mol. The minimum atomic E-state index is -1.25. The second-order valence-corrected chi connectivity index (χ2v) is 12.1. The molecular weight excluding hydrogens is 617 g/mol. The third-order valence-corrected chi connectivity index (χ3v) is 8.65. The van der Waals surface area contributed by atoms with E-state index in [2.05, 4.69) is 5.32 Å². The molecule has 0 fully saturated rings. The van der Waals surface area contributed by atoms with Gasteiger partial charge in [0, 0.05) is 36.4 Å². The zero-order chi connectivity index (χ0) is 33.1. The summed E-state index contributed by atoms with van der Waals surface area (Å²) in [6.07, 6.45) is 0. The van der Waals surface area contributed by atoms with E-state index in [-0.39, 0.29) is 12.1 Å². The third-order valence-electron chi connectivity index (χ3n) is 7.82. The quantitative estimate of drug-likeness (QED) is 0.188. The van der Waals surface area contributed by atoms with Crippen LogP contribution < -0.4 is 15.1 Å². The number of anilines is 3. The Labute approximate surface area is 274 Å². The summed E-state index contributed by atoms with van der Waals surface area (Å²) in [5.74, 6) is -3.20. The number of hydrogen-bond donors (Lipinski definition) is 1. The van der Waals surface area contributed by atoms with Gasteiger partial charge in [-0.15, -0.1) is 11.3 Å². The lowest BCUT2D eigenvalue weighted by atomic mass is 10.0. The first-order chi connectivity index (χ1) is 22.7. The van der Waals surface area contributed by atoms with Gasteiger partial charge in [-0.25, -0.2) is 9.37 Å². The van der Waals surface area contributed by atoms with E-state index in [9.17, 15) is 23.6 Å². The van der Waals surface area contributed by atoms with Gasteiger partial charge in [0.2, 0.25) is 5.91 Å². The van der Waals surface area contributed by atoms with Gasteiger partial charge < -0.3 is 15.1 Å². The molecule has 2 heterocycles. The number of rotatable bonds is 10. The van der Waals surface area contributed by atoms with Gasteiger partial charge in [-0.1, -0.05) is 54.6 Å². The topological polar surface area (TPSA) is 103 Å². The van der Waals surface area contributed by atoms with Gasteiger partial charge in [0.05, 0.1) is 23.5 Å². The highest BCUT2D eigenvalue weighted by molar-refractivity contribution is 7.09. The van der Waals surface area contributed by atoms with Crippen molar-refractivity contribution in [3.8, 4) is 11.3 Å². The lowest BCUT2D eigenvalue weighted by Gasteiger charge is -2.32. The Morgan fingerprint density at radius 2 is 1.57 bits per heavy atom. The average molecular weight is 648 g/mol. The molecule has 0 radical (unpaired) electrons. The van der Waals surface area contributed by atoms with E-state index in [1.54, 1.807) is 30.3 Å². The minimum absolute atomic E-state index is 0.0943. The van der Waals surface area contributed by atoms with E-state index in [1.165, 1.54) is 46.6 Å². The van der Waals surface area contributed by atoms with Crippen LogP contribution in [0.4, 0.5) is 21.5 Å². The number of halogens is 1. The van der Waals surface area contributed by atoms with Crippen molar-refractivity contribution < 1.29 is 23.6 Å². The van der Waals surface area contributed by atoms with Crippen LogP contribution in [0.1, 0.15) is 27.0 Å². The van der Waals surface area contributed by atoms with Gasteiger partial charge in [-0.3, -0.25) is 24.1 Å². The fourth-order valence-corrected chi connectivity index (χ4v) is 6.20. The Kier molecular flexibility index (Phi) is 8.90. The molecule has 5 aromatic rings. The van der Waals surface area contributed by atoms with Gasteiger partial charge in [0.1, 0.15) is 23.4 Å². The molecule has 3 amide bonds. The molecule has 1 aromatic heterocycles. The molecule has 47 heavy (non-hydrogen) atoms. The number of fused-ring (bicyclic) bond motifs is 1. The SMILES string of the molecule is CN(C)c1ccc(NC(=O)[C@@H](c2ccc(F)cc2)N(Cc2nc(-c3ccccc3)cs2)C(=O)CN2C(=O)C(=O)c3ccccc32)cc1. The monoisotopic (exact) mass is 647 g/mol. The van der Waals surface area contributed by atoms with E-state index >= 15 is 0 Å². The molecule has 6 rings (SSSR count). The van der Waals surface area contributed by atoms with Crippen LogP contribution in [0.15, 0.2) is 109 Å². The second-order valence-electron chi connectivity index (χ2n) is 11.1. The first kappa shape index (κ1) is 31.3. The first-order valence-electron chi connectivity index (χ1n) is 14.8. The van der Waals surface area contributed by atoms with Crippen molar-refractivity contribution >= 4 is 51.9 Å². The molecular formula is C36H30FN5O4S. The summed E-state index contributed by atoms with van der Waals surface area (Å²) in [7, 11) is 3.81. The van der Waals surface area contributed by atoms with Gasteiger partial charge >= 0.3 is 0 Å². The van der Waals surface area contributed by atoms with Crippen LogP contribution >= 0.6 is 11.3 Å². The van der Waals surface area contributed by atoms with Crippen LogP contribution in [0.3, 0.4) is 0 Å². The number of Topliss-reactive ketones (excluding diaryl/α,β-unsaturated/α-hetero) is 1. The van der Waals surface area contributed by atoms with Gasteiger partial charge in [0.25, 0.3) is 17.6 Å². The molecule has 0 spiro atoms. The maximum atomic E-state index is 14.3. The molecule has 1 N–H and O–H groups in total. The standard InChI is InChI=1S/C36H30FN5O4S/c1-40(2)27-18-16-26(17-19-27)38-35(45)33(24-12-14-25(37)15-13-24)42(20-31-39-29(22-47-31)23-8-4-3-5-9-23)32(43)21-41-30-11-7-6-10-28(30)34(44)36(41)46/h3-19,22,33H,20-21H2,1-2H3,(H,38,45)/t33-/m1/s1. The van der Waals surface area contributed by atoms with Gasteiger partial charge in [0.15, 0.2) is 0 Å². The fraction of sp³-hybridized carbons (Fsp3) is 0.139. The van der Waals surface area contributed by atoms with Crippen LogP contribution in [0.25, 0.3) is 11.3 Å². The number of amides is 3. The van der Waals surface area contributed by atoms with Crippen molar-refractivity contribution in [1.82, 2.24) is 9.88 Å². The van der Waals surface area contributed by atoms with Gasteiger partial charge in [-0.05, 0) is 54.1 Å². The smallest absolute Gasteiger partial charge is 0.299 e. The molecule has 0 bridgehead atoms. The summed E-state index contributed by atoms with van der Waals surface area (Å²) in [6, 6.07) is 27.3. The Bertz CT molecular complexity index is 1940. The van der Waals surface area contributed by atoms with Gasteiger partial charge in [-0.2, -0.15) is 0 Å². The number of ketones is 1. The summed E-state index contributed by atoms with van der Waals surface area (Å²) in [4.78, 5) is 63.4. The molecule has 0 saturated carbocycles. The van der Waals surface area contributed by atoms with Crippen LogP contribution in [-0.2, 0) is 20.9 Å². The van der Waals surface area contributed by atoms with Crippen molar-refractivity contribution in [2.45, 2.75) is 12.6 Å². The number of para-hydroxylation sites is 1. The minimum Gasteiger partial charge on any atom is -0.378 e. The number of carbonyl (C=O) groups excluding carboxylic acids is 4. The molecule has 1 aliphatic rings. The zero-order valence-corrected chi connectivity index (χ0v) is 26.4. The maximum Gasteiger partial charge on any atom is 0.299 e. The highest BCUT2D eigenvalue weighted by atomic mass is 32.1. The highest BCUT2D eigenvalue weighted by Crippen LogP contribution is 2.32. The number of thiazole rings is 1. The summed E-state index contributed by atoms with van der Waals surface area (Å²) in [5, 5.41) is 5.31. The Morgan fingerprint density at radius 3 is 2.28 bits per heavy atom. The van der Waals surface area contributed by atoms with Crippen molar-refractivity contribution in [3.05, 3.63) is 130 Å². The van der Waals surface area contributed by atoms with Crippen LogP contribution in [-0.4, -0.2) is 54.0 Å². The second kappa shape index (κ2) is 13.4. The molecule has 4 aromatic carbocycles. The zero-order valence-electron chi connectivity index (χ0n) is 25.6. The normalized spacial score (nSPS) is 12.9. The van der Waals surface area contributed by atoms with E-state index in [0.29, 0.717) is 27.6 Å². The molecule has 9 nitrogen and oxygen atoms in total. The number of nitrogens with zero attached hydrogens (tertiary/aromatic N) is 4. The van der Waals surface area contributed by atoms with E-state index in [4.69, 9.17) is 4.98 Å². The van der Waals surface area contributed by atoms with Crippen LogP contribution in [0.5, 0.6) is 0 Å². The number of benzene rings is 4. The van der Waals surface area contributed by atoms with Crippen molar-refractivity contribution in [1.29, 1.82) is 0 Å². The van der Waals surface area contributed by atoms with Crippen molar-refractivity contribution in [2.24, 2.45) is 0 Å². The predicted octanol–water partition coefficient (Wildman–Crippen LogP) is 5.95. The van der Waals surface area contributed by atoms with E-state index < -0.39 is 41.9 Å². The maximum absolute atomic E-state index is 14.3. The summed E-state index contributed by atoms with van der Waals surface area (Å²) in [6.45, 7) is -0.593. The molecule has 0 saturated heterocycles. The third kappa shape index (κ3) is 6.66. The number of hydrogen-bond acceptors (Lipinski definition) is 7. The van der Waals surface area contributed by atoms with E-state index in [0.717, 1.165) is 16.2 Å². The highest BCUT2D eigenvalue weighted by Gasteiger charge is 2.39. The van der Waals surface area contributed by atoms with E-state index in [1.807, 2.05) is 66.8 Å². The van der Waals surface area contributed by atoms with Crippen LogP contribution in [0.2, 0.25) is 0 Å². The number of nitrogens with one attached hydrogen (secondary N) is 1. The Hall–Kier alpha value is -5.68. The van der Waals surface area contributed by atoms with Crippen LogP contribution in [0, 0.1) is 5.82 Å². The molecule has 1 atom stereocenters. The van der Waals surface area contributed by atoms with Crippen molar-refractivity contribution in [2.75, 3.05) is 35.8 Å². The summed E-state index contributed by atoms with van der Waals surface area (Å²) >= 11 is 1.32. The molecule has 0 aliphatic carbocycles. The van der Waals surface area contributed by atoms with Crippen molar-refractivity contribution in [3.63, 3.8) is 0 Å². The summed E-state index contributed by atoms with van der Waals surface area (Å²) < 4.78 is 14.1. The Morgan fingerprint density at radius 1 is 0.894 bits per heavy atom.